The Bertz CT molecular complexity index is 468. The highest BCUT2D eigenvalue weighted by Gasteiger charge is 2.27. The van der Waals surface area contributed by atoms with E-state index in [1.54, 1.807) is 6.20 Å². The smallest absolute Gasteiger partial charge is 0.239 e. The van der Waals surface area contributed by atoms with Crippen LogP contribution in [0.3, 0.4) is 0 Å². The molecule has 0 aliphatic carbocycles. The third kappa shape index (κ3) is 4.04. The van der Waals surface area contributed by atoms with Crippen molar-refractivity contribution in [1.29, 1.82) is 0 Å². The number of carbonyl (C=O) groups excluding carboxylic acids is 1. The molecule has 0 aromatic carbocycles. The number of likely N-dealkylation sites (tertiary alicyclic amines) is 1. The second kappa shape index (κ2) is 7.04. The van der Waals surface area contributed by atoms with Gasteiger partial charge in [0, 0.05) is 24.2 Å². The molecule has 2 atom stereocenters. The Morgan fingerprint density at radius 2 is 2.24 bits per heavy atom. The quantitative estimate of drug-likeness (QED) is 0.864. The van der Waals surface area contributed by atoms with Crippen LogP contribution < -0.4 is 11.1 Å². The van der Waals surface area contributed by atoms with Gasteiger partial charge in [0.15, 0.2) is 0 Å². The third-order valence-corrected chi connectivity index (χ3v) is 4.04. The molecule has 0 spiro atoms. The zero-order chi connectivity index (χ0) is 15.4. The average Bonchev–Trinajstić information content (AvgIpc) is 2.87. The highest BCUT2D eigenvalue weighted by molar-refractivity contribution is 5.91. The van der Waals surface area contributed by atoms with Crippen molar-refractivity contribution in [1.82, 2.24) is 14.7 Å². The van der Waals surface area contributed by atoms with Crippen LogP contribution in [0.15, 0.2) is 12.3 Å². The molecule has 6 nitrogen and oxygen atoms in total. The maximum atomic E-state index is 12.3. The van der Waals surface area contributed by atoms with Crippen LogP contribution in [0, 0.1) is 0 Å². The number of nitrogens with two attached hydrogens (primary N) is 1. The number of nitrogens with zero attached hydrogens (tertiary/aromatic N) is 3. The summed E-state index contributed by atoms with van der Waals surface area (Å²) in [5, 5.41) is 7.18. The van der Waals surface area contributed by atoms with Gasteiger partial charge in [-0.25, -0.2) is 4.68 Å². The number of nitrogens with one attached hydrogen (secondary N) is 1. The molecule has 1 aromatic rings. The van der Waals surface area contributed by atoms with Crippen molar-refractivity contribution in [2.75, 3.05) is 18.4 Å². The minimum Gasteiger partial charge on any atom is -0.327 e. The maximum Gasteiger partial charge on any atom is 0.239 e. The molecule has 1 amide bonds. The molecule has 0 bridgehead atoms. The fourth-order valence-corrected chi connectivity index (χ4v) is 3.00. The lowest BCUT2D eigenvalue weighted by Crippen LogP contribution is -2.51. The Kier molecular flexibility index (Phi) is 5.36. The van der Waals surface area contributed by atoms with Gasteiger partial charge in [0.05, 0.1) is 12.7 Å². The van der Waals surface area contributed by atoms with Gasteiger partial charge in [-0.15, -0.1) is 0 Å². The summed E-state index contributed by atoms with van der Waals surface area (Å²) in [5.74, 6) is 0.759. The van der Waals surface area contributed by atoms with Crippen LogP contribution in [-0.2, 0) is 4.79 Å². The van der Waals surface area contributed by atoms with Crippen molar-refractivity contribution < 1.29 is 4.79 Å². The lowest BCUT2D eigenvalue weighted by atomic mass is 9.97. The number of piperidine rings is 1. The Hall–Kier alpha value is -1.40. The Balaban J connectivity index is 1.96. The van der Waals surface area contributed by atoms with E-state index in [2.05, 4.69) is 15.3 Å². The van der Waals surface area contributed by atoms with E-state index in [1.165, 1.54) is 6.42 Å². The molecule has 1 saturated heterocycles. The molecule has 6 heteroatoms. The Morgan fingerprint density at radius 1 is 1.48 bits per heavy atom. The zero-order valence-corrected chi connectivity index (χ0v) is 13.2. The molecule has 1 fully saturated rings. The third-order valence-electron chi connectivity index (χ3n) is 4.04. The normalized spacial score (nSPS) is 21.5. The fourth-order valence-electron chi connectivity index (χ4n) is 3.00. The molecule has 2 heterocycles. The summed E-state index contributed by atoms with van der Waals surface area (Å²) in [7, 11) is 0. The van der Waals surface area contributed by atoms with Crippen molar-refractivity contribution in [2.24, 2.45) is 5.73 Å². The van der Waals surface area contributed by atoms with Crippen LogP contribution in [0.1, 0.15) is 46.1 Å². The van der Waals surface area contributed by atoms with Crippen LogP contribution in [0.5, 0.6) is 0 Å². The SMILES string of the molecule is CC(N)C1CCCCN1CC(=O)Nc1ccnn1C(C)C. The summed E-state index contributed by atoms with van der Waals surface area (Å²) < 4.78 is 1.82. The topological polar surface area (TPSA) is 76.2 Å². The fraction of sp³-hybridized carbons (Fsp3) is 0.733. The predicted octanol–water partition coefficient (Wildman–Crippen LogP) is 1.60. The van der Waals surface area contributed by atoms with Gasteiger partial charge < -0.3 is 11.1 Å². The summed E-state index contributed by atoms with van der Waals surface area (Å²) in [6.07, 6.45) is 5.13. The van der Waals surface area contributed by atoms with Crippen molar-refractivity contribution in [2.45, 2.75) is 58.2 Å². The molecule has 2 rings (SSSR count). The van der Waals surface area contributed by atoms with Gasteiger partial charge in [0.2, 0.25) is 5.91 Å². The minimum atomic E-state index is 0.00458. The van der Waals surface area contributed by atoms with Crippen LogP contribution in [0.4, 0.5) is 5.82 Å². The summed E-state index contributed by atoms with van der Waals surface area (Å²) in [5.41, 5.74) is 6.05. The zero-order valence-electron chi connectivity index (χ0n) is 13.2. The molecule has 3 N–H and O–H groups in total. The van der Waals surface area contributed by atoms with Gasteiger partial charge in [0.25, 0.3) is 0 Å². The molecule has 1 aliphatic heterocycles. The summed E-state index contributed by atoms with van der Waals surface area (Å²) in [6.45, 7) is 7.45. The van der Waals surface area contributed by atoms with Crippen LogP contribution >= 0.6 is 0 Å². The number of hydrogen-bond acceptors (Lipinski definition) is 4. The lowest BCUT2D eigenvalue weighted by molar-refractivity contribution is -0.118. The van der Waals surface area contributed by atoms with Gasteiger partial charge in [-0.2, -0.15) is 5.10 Å². The first-order valence-electron chi connectivity index (χ1n) is 7.82. The summed E-state index contributed by atoms with van der Waals surface area (Å²) in [4.78, 5) is 14.5. The van der Waals surface area contributed by atoms with E-state index < -0.39 is 0 Å². The molecule has 21 heavy (non-hydrogen) atoms. The monoisotopic (exact) mass is 293 g/mol. The van der Waals surface area contributed by atoms with Crippen LogP contribution in [0.2, 0.25) is 0 Å². The molecule has 1 aromatic heterocycles. The molecule has 2 unspecified atom stereocenters. The molecular formula is C15H27N5O. The maximum absolute atomic E-state index is 12.3. The lowest BCUT2D eigenvalue weighted by Gasteiger charge is -2.37. The van der Waals surface area contributed by atoms with Crippen molar-refractivity contribution in [3.05, 3.63) is 12.3 Å². The molecule has 0 radical (unpaired) electrons. The van der Waals surface area contributed by atoms with Gasteiger partial charge >= 0.3 is 0 Å². The first-order chi connectivity index (χ1) is 9.99. The number of anilines is 1. The Labute approximate surface area is 126 Å². The minimum absolute atomic E-state index is 0.00458. The number of rotatable bonds is 5. The van der Waals surface area contributed by atoms with Gasteiger partial charge in [0.1, 0.15) is 5.82 Å². The van der Waals surface area contributed by atoms with Crippen LogP contribution in [0.25, 0.3) is 0 Å². The van der Waals surface area contributed by atoms with E-state index in [0.717, 1.165) is 25.2 Å². The first-order valence-corrected chi connectivity index (χ1v) is 7.82. The van der Waals surface area contributed by atoms with Crippen molar-refractivity contribution in [3.8, 4) is 0 Å². The first kappa shape index (κ1) is 16.0. The predicted molar refractivity (Wildman–Crippen MR) is 84.1 cm³/mol. The number of aromatic nitrogens is 2. The van der Waals surface area contributed by atoms with E-state index in [4.69, 9.17) is 5.73 Å². The molecule has 1 aliphatic rings. The summed E-state index contributed by atoms with van der Waals surface area (Å²) in [6, 6.07) is 2.46. The van der Waals surface area contributed by atoms with Crippen LogP contribution in [-0.4, -0.2) is 45.8 Å². The second-order valence-electron chi connectivity index (χ2n) is 6.20. The Morgan fingerprint density at radius 3 is 2.90 bits per heavy atom. The van der Waals surface area contributed by atoms with Gasteiger partial charge in [-0.1, -0.05) is 6.42 Å². The highest BCUT2D eigenvalue weighted by atomic mass is 16.2. The van der Waals surface area contributed by atoms with E-state index >= 15 is 0 Å². The van der Waals surface area contributed by atoms with Crippen molar-refractivity contribution >= 4 is 11.7 Å². The molecular weight excluding hydrogens is 266 g/mol. The van der Waals surface area contributed by atoms with Crippen molar-refractivity contribution in [3.63, 3.8) is 0 Å². The standard InChI is InChI=1S/C15H27N5O/c1-11(2)20-14(7-8-17-20)18-15(21)10-19-9-5-4-6-13(19)12(3)16/h7-8,11-13H,4-6,9-10,16H2,1-3H3,(H,18,21). The number of hydrogen-bond donors (Lipinski definition) is 2. The molecule has 118 valence electrons. The summed E-state index contributed by atoms with van der Waals surface area (Å²) >= 11 is 0. The van der Waals surface area contributed by atoms with E-state index in [0.29, 0.717) is 12.6 Å². The number of carbonyl (C=O) groups is 1. The van der Waals surface area contributed by atoms with E-state index in [-0.39, 0.29) is 18.0 Å². The largest absolute Gasteiger partial charge is 0.327 e. The van der Waals surface area contributed by atoms with Gasteiger partial charge in [-0.3, -0.25) is 9.69 Å². The van der Waals surface area contributed by atoms with Gasteiger partial charge in [-0.05, 0) is 40.2 Å². The molecule has 0 saturated carbocycles. The average molecular weight is 293 g/mol. The highest BCUT2D eigenvalue weighted by Crippen LogP contribution is 2.19. The second-order valence-corrected chi connectivity index (χ2v) is 6.20. The van der Waals surface area contributed by atoms with E-state index in [9.17, 15) is 4.79 Å². The number of amides is 1. The van der Waals surface area contributed by atoms with E-state index in [1.807, 2.05) is 31.5 Å².